The highest BCUT2D eigenvalue weighted by atomic mass is 19.2. The highest BCUT2D eigenvalue weighted by molar-refractivity contribution is 6.03. The topological polar surface area (TPSA) is 52.6 Å². The number of unbranched alkanes of at least 4 members (excludes halogenated alkanes) is 11. The Hall–Kier alpha value is -2.76. The zero-order valence-corrected chi connectivity index (χ0v) is 20.8. The third kappa shape index (κ3) is 11.0. The molecule has 0 N–H and O–H groups in total. The van der Waals surface area contributed by atoms with E-state index in [9.17, 15) is 18.4 Å². The van der Waals surface area contributed by atoms with Crippen molar-refractivity contribution in [2.24, 2.45) is 0 Å². The van der Waals surface area contributed by atoms with Crippen molar-refractivity contribution in [3.63, 3.8) is 0 Å². The van der Waals surface area contributed by atoms with Gasteiger partial charge < -0.3 is 9.47 Å². The minimum absolute atomic E-state index is 0.0785. The number of halogens is 2. The third-order valence-electron chi connectivity index (χ3n) is 5.95. The van der Waals surface area contributed by atoms with E-state index in [0.29, 0.717) is 12.2 Å². The molecule has 0 saturated carbocycles. The van der Waals surface area contributed by atoms with E-state index in [1.165, 1.54) is 76.0 Å². The van der Waals surface area contributed by atoms with Crippen LogP contribution in [-0.4, -0.2) is 18.5 Å². The molecule has 0 aromatic heterocycles. The summed E-state index contributed by atoms with van der Waals surface area (Å²) < 4.78 is 36.9. The summed E-state index contributed by atoms with van der Waals surface area (Å²) in [4.78, 5) is 25.0. The second-order valence-electron chi connectivity index (χ2n) is 8.90. The SMILES string of the molecule is CCCCCCCCCCCCCCOC(=O)c1ccccc1C(=O)OCc1ccc(F)c(F)c1. The van der Waals surface area contributed by atoms with Crippen LogP contribution in [0.5, 0.6) is 0 Å². The Morgan fingerprint density at radius 3 is 1.71 bits per heavy atom. The molecule has 6 heteroatoms. The Morgan fingerprint density at radius 2 is 1.17 bits per heavy atom. The second-order valence-corrected chi connectivity index (χ2v) is 8.90. The van der Waals surface area contributed by atoms with Crippen LogP contribution in [0.4, 0.5) is 8.78 Å². The smallest absolute Gasteiger partial charge is 0.339 e. The van der Waals surface area contributed by atoms with Gasteiger partial charge >= 0.3 is 11.9 Å². The van der Waals surface area contributed by atoms with Crippen LogP contribution < -0.4 is 0 Å². The first-order valence-electron chi connectivity index (χ1n) is 12.9. The zero-order valence-electron chi connectivity index (χ0n) is 20.8. The fourth-order valence-corrected chi connectivity index (χ4v) is 3.88. The molecule has 0 amide bonds. The van der Waals surface area contributed by atoms with Crippen LogP contribution >= 0.6 is 0 Å². The van der Waals surface area contributed by atoms with E-state index in [2.05, 4.69) is 6.92 Å². The minimum atomic E-state index is -1.01. The Bertz CT molecular complexity index is 913. The summed E-state index contributed by atoms with van der Waals surface area (Å²) in [6, 6.07) is 9.53. The van der Waals surface area contributed by atoms with E-state index in [-0.39, 0.29) is 17.7 Å². The van der Waals surface area contributed by atoms with Gasteiger partial charge in [0.25, 0.3) is 0 Å². The molecule has 0 aliphatic carbocycles. The maximum Gasteiger partial charge on any atom is 0.339 e. The number of rotatable bonds is 17. The summed E-state index contributed by atoms with van der Waals surface area (Å²) in [5, 5.41) is 0. The first-order valence-corrected chi connectivity index (χ1v) is 12.9. The van der Waals surface area contributed by atoms with Gasteiger partial charge in [-0.05, 0) is 36.2 Å². The summed E-state index contributed by atoms with van der Waals surface area (Å²) in [5.74, 6) is -3.29. The van der Waals surface area contributed by atoms with Gasteiger partial charge in [-0.15, -0.1) is 0 Å². The third-order valence-corrected chi connectivity index (χ3v) is 5.95. The standard InChI is InChI=1S/C29H38F2O4/c1-2-3-4-5-6-7-8-9-10-11-12-15-20-34-28(32)24-16-13-14-17-25(24)29(33)35-22-23-18-19-26(30)27(31)21-23/h13-14,16-19,21H,2-12,15,20,22H2,1H3. The van der Waals surface area contributed by atoms with Crippen molar-refractivity contribution in [2.75, 3.05) is 6.61 Å². The number of benzene rings is 2. The number of ether oxygens (including phenoxy) is 2. The number of carbonyl (C=O) groups excluding carboxylic acids is 2. The average molecular weight is 489 g/mol. The van der Waals surface area contributed by atoms with Crippen LogP contribution in [0.3, 0.4) is 0 Å². The lowest BCUT2D eigenvalue weighted by Crippen LogP contribution is -2.14. The van der Waals surface area contributed by atoms with E-state index in [0.717, 1.165) is 31.4 Å². The van der Waals surface area contributed by atoms with E-state index in [1.807, 2.05) is 0 Å². The predicted molar refractivity (Wildman–Crippen MR) is 133 cm³/mol. The van der Waals surface area contributed by atoms with E-state index < -0.39 is 23.6 Å². The molecule has 0 heterocycles. The van der Waals surface area contributed by atoms with Crippen molar-refractivity contribution in [1.82, 2.24) is 0 Å². The molecule has 2 aromatic rings. The minimum Gasteiger partial charge on any atom is -0.462 e. The maximum atomic E-state index is 13.3. The van der Waals surface area contributed by atoms with E-state index in [4.69, 9.17) is 9.47 Å². The average Bonchev–Trinajstić information content (AvgIpc) is 2.87. The molecule has 0 saturated heterocycles. The van der Waals surface area contributed by atoms with Gasteiger partial charge in [-0.1, -0.05) is 95.8 Å². The normalized spacial score (nSPS) is 10.8. The van der Waals surface area contributed by atoms with E-state index >= 15 is 0 Å². The highest BCUT2D eigenvalue weighted by Gasteiger charge is 2.19. The predicted octanol–water partition coefficient (Wildman–Crippen LogP) is 8.18. The lowest BCUT2D eigenvalue weighted by atomic mass is 10.1. The Labute approximate surface area is 208 Å². The van der Waals surface area contributed by atoms with Crippen LogP contribution in [0.1, 0.15) is 110 Å². The fourth-order valence-electron chi connectivity index (χ4n) is 3.88. The quantitative estimate of drug-likeness (QED) is 0.166. The maximum absolute atomic E-state index is 13.3. The second kappa shape index (κ2) is 16.8. The molecule has 192 valence electrons. The fraction of sp³-hybridized carbons (Fsp3) is 0.517. The molecule has 2 rings (SSSR count). The largest absolute Gasteiger partial charge is 0.462 e. The van der Waals surface area contributed by atoms with Crippen LogP contribution in [0.2, 0.25) is 0 Å². The molecule has 0 spiro atoms. The van der Waals surface area contributed by atoms with Crippen molar-refractivity contribution < 1.29 is 27.8 Å². The monoisotopic (exact) mass is 488 g/mol. The van der Waals surface area contributed by atoms with Crippen LogP contribution in [-0.2, 0) is 16.1 Å². The molecule has 0 radical (unpaired) electrons. The summed E-state index contributed by atoms with van der Waals surface area (Å²) in [7, 11) is 0. The number of hydrogen-bond acceptors (Lipinski definition) is 4. The molecule has 0 unspecified atom stereocenters. The number of hydrogen-bond donors (Lipinski definition) is 0. The molecule has 0 fully saturated rings. The zero-order chi connectivity index (χ0) is 25.3. The molecule has 0 aliphatic heterocycles. The first-order chi connectivity index (χ1) is 17.0. The lowest BCUT2D eigenvalue weighted by Gasteiger charge is -2.10. The number of esters is 2. The van der Waals surface area contributed by atoms with Crippen LogP contribution in [0.25, 0.3) is 0 Å². The Balaban J connectivity index is 1.65. The first kappa shape index (κ1) is 28.5. The summed E-state index contributed by atoms with van der Waals surface area (Å²) in [5.41, 5.74) is 0.515. The van der Waals surface area contributed by atoms with Crippen LogP contribution in [0.15, 0.2) is 42.5 Å². The molecule has 2 aromatic carbocycles. The van der Waals surface area contributed by atoms with Crippen molar-refractivity contribution in [1.29, 1.82) is 0 Å². The number of carbonyl (C=O) groups is 2. The van der Waals surface area contributed by atoms with Gasteiger partial charge in [-0.25, -0.2) is 18.4 Å². The van der Waals surface area contributed by atoms with Crippen molar-refractivity contribution in [3.8, 4) is 0 Å². The van der Waals surface area contributed by atoms with Crippen molar-refractivity contribution >= 4 is 11.9 Å². The van der Waals surface area contributed by atoms with Gasteiger partial charge in [0.15, 0.2) is 11.6 Å². The highest BCUT2D eigenvalue weighted by Crippen LogP contribution is 2.16. The van der Waals surface area contributed by atoms with Gasteiger partial charge in [0.1, 0.15) is 6.61 Å². The van der Waals surface area contributed by atoms with Gasteiger partial charge in [0.2, 0.25) is 0 Å². The Morgan fingerprint density at radius 1 is 0.657 bits per heavy atom. The summed E-state index contributed by atoms with van der Waals surface area (Å²) >= 11 is 0. The van der Waals surface area contributed by atoms with Gasteiger partial charge in [-0.3, -0.25) is 0 Å². The van der Waals surface area contributed by atoms with Gasteiger partial charge in [0, 0.05) is 0 Å². The van der Waals surface area contributed by atoms with Crippen molar-refractivity contribution in [3.05, 3.63) is 70.8 Å². The lowest BCUT2D eigenvalue weighted by molar-refractivity contribution is 0.0436. The Kier molecular flexibility index (Phi) is 13.7. The van der Waals surface area contributed by atoms with Crippen molar-refractivity contribution in [2.45, 2.75) is 90.6 Å². The molecular weight excluding hydrogens is 450 g/mol. The molecule has 35 heavy (non-hydrogen) atoms. The molecule has 0 aliphatic rings. The molecule has 4 nitrogen and oxygen atoms in total. The van der Waals surface area contributed by atoms with Crippen LogP contribution in [0, 0.1) is 11.6 Å². The summed E-state index contributed by atoms with van der Waals surface area (Å²) in [6.07, 6.45) is 14.7. The van der Waals surface area contributed by atoms with Gasteiger partial charge in [0.05, 0.1) is 17.7 Å². The molecular formula is C29H38F2O4. The van der Waals surface area contributed by atoms with Gasteiger partial charge in [-0.2, -0.15) is 0 Å². The molecule has 0 bridgehead atoms. The van der Waals surface area contributed by atoms with E-state index in [1.54, 1.807) is 12.1 Å². The summed E-state index contributed by atoms with van der Waals surface area (Å²) in [6.45, 7) is 2.30. The molecule has 0 atom stereocenters.